The van der Waals surface area contributed by atoms with Gasteiger partial charge in [-0.3, -0.25) is 0 Å². The van der Waals surface area contributed by atoms with Crippen molar-refractivity contribution >= 4 is 17.4 Å². The summed E-state index contributed by atoms with van der Waals surface area (Å²) in [6, 6.07) is 1.80. The molecule has 7 heteroatoms. The maximum atomic E-state index is 12.6. The predicted octanol–water partition coefficient (Wildman–Crippen LogP) is 2.71. The third-order valence-electron chi connectivity index (χ3n) is 2.90. The fraction of sp³-hybridized carbons (Fsp3) is 0.545. The highest BCUT2D eigenvalue weighted by Gasteiger charge is 2.32. The van der Waals surface area contributed by atoms with E-state index in [0.717, 1.165) is 12.1 Å². The average molecular weight is 281 g/mol. The summed E-state index contributed by atoms with van der Waals surface area (Å²) in [7, 11) is 0. The van der Waals surface area contributed by atoms with Crippen LogP contribution < -0.4 is 4.90 Å². The molecule has 1 fully saturated rings. The zero-order chi connectivity index (χ0) is 13.3. The largest absolute Gasteiger partial charge is 0.416 e. The second kappa shape index (κ2) is 4.93. The summed E-state index contributed by atoms with van der Waals surface area (Å²) in [5.41, 5.74) is -0.802. The highest BCUT2D eigenvalue weighted by Crippen LogP contribution is 2.33. The fourth-order valence-corrected chi connectivity index (χ4v) is 2.11. The van der Waals surface area contributed by atoms with E-state index < -0.39 is 11.7 Å². The maximum absolute atomic E-state index is 12.6. The molecule has 0 amide bonds. The van der Waals surface area contributed by atoms with Crippen LogP contribution in [-0.4, -0.2) is 29.3 Å². The number of rotatable bonds is 1. The molecule has 2 rings (SSSR count). The smallest absolute Gasteiger partial charge is 0.393 e. The van der Waals surface area contributed by atoms with Crippen molar-refractivity contribution in [1.82, 2.24) is 4.98 Å². The molecule has 0 unspecified atom stereocenters. The number of pyridine rings is 1. The van der Waals surface area contributed by atoms with Crippen LogP contribution in [0.5, 0.6) is 0 Å². The first-order valence-electron chi connectivity index (χ1n) is 5.54. The van der Waals surface area contributed by atoms with E-state index in [9.17, 15) is 18.3 Å². The van der Waals surface area contributed by atoms with Gasteiger partial charge in [0.25, 0.3) is 0 Å². The molecule has 1 aromatic rings. The van der Waals surface area contributed by atoms with Crippen LogP contribution in [0.15, 0.2) is 12.1 Å². The Labute approximate surface area is 107 Å². The van der Waals surface area contributed by atoms with Gasteiger partial charge in [-0.1, -0.05) is 11.6 Å². The van der Waals surface area contributed by atoms with Gasteiger partial charge in [0.05, 0.1) is 11.7 Å². The van der Waals surface area contributed by atoms with Gasteiger partial charge in [-0.15, -0.1) is 0 Å². The third kappa shape index (κ3) is 3.05. The minimum absolute atomic E-state index is 0.175. The second-order valence-corrected chi connectivity index (χ2v) is 4.64. The highest BCUT2D eigenvalue weighted by atomic mass is 35.5. The average Bonchev–Trinajstić information content (AvgIpc) is 2.28. The van der Waals surface area contributed by atoms with Crippen molar-refractivity contribution in [2.45, 2.75) is 25.1 Å². The van der Waals surface area contributed by atoms with E-state index in [0.29, 0.717) is 25.9 Å². The zero-order valence-electron chi connectivity index (χ0n) is 9.41. The molecular weight excluding hydrogens is 269 g/mol. The van der Waals surface area contributed by atoms with Crippen LogP contribution in [0.2, 0.25) is 5.15 Å². The molecule has 1 aliphatic heterocycles. The Balaban J connectivity index is 2.25. The lowest BCUT2D eigenvalue weighted by molar-refractivity contribution is -0.137. The van der Waals surface area contributed by atoms with Crippen LogP contribution >= 0.6 is 11.6 Å². The molecule has 3 nitrogen and oxygen atoms in total. The van der Waals surface area contributed by atoms with Crippen molar-refractivity contribution < 1.29 is 18.3 Å². The normalized spacial score (nSPS) is 18.2. The van der Waals surface area contributed by atoms with Crippen molar-refractivity contribution in [3.05, 3.63) is 22.8 Å². The summed E-state index contributed by atoms with van der Waals surface area (Å²) < 4.78 is 37.9. The number of nitrogens with zero attached hydrogens (tertiary/aromatic N) is 2. The lowest BCUT2D eigenvalue weighted by Crippen LogP contribution is -2.36. The van der Waals surface area contributed by atoms with Crippen molar-refractivity contribution in [1.29, 1.82) is 0 Å². The number of alkyl halides is 3. The molecular formula is C11H12ClF3N2O. The number of hydrogen-bond donors (Lipinski definition) is 1. The van der Waals surface area contributed by atoms with Crippen LogP contribution in [0, 0.1) is 0 Å². The molecule has 1 N–H and O–H groups in total. The van der Waals surface area contributed by atoms with Gasteiger partial charge in [0.1, 0.15) is 11.0 Å². The van der Waals surface area contributed by atoms with Crippen LogP contribution in [-0.2, 0) is 6.18 Å². The van der Waals surface area contributed by atoms with Gasteiger partial charge in [0, 0.05) is 13.1 Å². The number of aliphatic hydroxyl groups is 1. The lowest BCUT2D eigenvalue weighted by atomic mass is 10.1. The monoisotopic (exact) mass is 280 g/mol. The Bertz CT molecular complexity index is 431. The minimum atomic E-state index is -4.43. The molecule has 1 aromatic heterocycles. The summed E-state index contributed by atoms with van der Waals surface area (Å²) in [5, 5.41) is 9.18. The molecule has 0 spiro atoms. The van der Waals surface area contributed by atoms with Gasteiger partial charge in [-0.05, 0) is 25.0 Å². The number of halogens is 4. The first kappa shape index (κ1) is 13.4. The standard InChI is InChI=1S/C11H12ClF3N2O/c12-9-5-7(11(13,14)15)6-10(16-9)17-3-1-8(18)2-4-17/h5-6,8,18H,1-4H2. The molecule has 0 bridgehead atoms. The number of aromatic nitrogens is 1. The molecule has 0 radical (unpaired) electrons. The third-order valence-corrected chi connectivity index (χ3v) is 3.09. The molecule has 0 saturated carbocycles. The predicted molar refractivity (Wildman–Crippen MR) is 61.7 cm³/mol. The molecule has 0 aromatic carbocycles. The van der Waals surface area contributed by atoms with Crippen LogP contribution in [0.4, 0.5) is 19.0 Å². The number of piperidine rings is 1. The molecule has 18 heavy (non-hydrogen) atoms. The minimum Gasteiger partial charge on any atom is -0.393 e. The van der Waals surface area contributed by atoms with E-state index in [4.69, 9.17) is 11.6 Å². The molecule has 1 saturated heterocycles. The summed E-state index contributed by atoms with van der Waals surface area (Å²) in [6.07, 6.45) is -3.77. The SMILES string of the molecule is OC1CCN(c2cc(C(F)(F)F)cc(Cl)n2)CC1. The van der Waals surface area contributed by atoms with Crippen molar-refractivity contribution in [2.75, 3.05) is 18.0 Å². The van der Waals surface area contributed by atoms with E-state index in [-0.39, 0.29) is 17.1 Å². The molecule has 0 aliphatic carbocycles. The van der Waals surface area contributed by atoms with Crippen molar-refractivity contribution in [2.24, 2.45) is 0 Å². The topological polar surface area (TPSA) is 36.4 Å². The molecule has 0 atom stereocenters. The number of aliphatic hydroxyl groups excluding tert-OH is 1. The quantitative estimate of drug-likeness (QED) is 0.804. The van der Waals surface area contributed by atoms with Gasteiger partial charge in [-0.2, -0.15) is 13.2 Å². The van der Waals surface area contributed by atoms with Crippen LogP contribution in [0.3, 0.4) is 0 Å². The van der Waals surface area contributed by atoms with E-state index in [2.05, 4.69) is 4.98 Å². The van der Waals surface area contributed by atoms with Crippen LogP contribution in [0.1, 0.15) is 18.4 Å². The van der Waals surface area contributed by atoms with E-state index in [1.54, 1.807) is 4.90 Å². The number of hydrogen-bond acceptors (Lipinski definition) is 3. The van der Waals surface area contributed by atoms with E-state index >= 15 is 0 Å². The summed E-state index contributed by atoms with van der Waals surface area (Å²) in [6.45, 7) is 0.956. The first-order valence-corrected chi connectivity index (χ1v) is 5.92. The van der Waals surface area contributed by atoms with Gasteiger partial charge in [0.2, 0.25) is 0 Å². The van der Waals surface area contributed by atoms with Crippen LogP contribution in [0.25, 0.3) is 0 Å². The summed E-state index contributed by atoms with van der Waals surface area (Å²) in [4.78, 5) is 5.61. The molecule has 2 heterocycles. The van der Waals surface area contributed by atoms with E-state index in [1.165, 1.54) is 0 Å². The number of anilines is 1. The molecule has 100 valence electrons. The highest BCUT2D eigenvalue weighted by molar-refractivity contribution is 6.29. The summed E-state index contributed by atoms with van der Waals surface area (Å²) in [5.74, 6) is 0.210. The lowest BCUT2D eigenvalue weighted by Gasteiger charge is -2.30. The van der Waals surface area contributed by atoms with Gasteiger partial charge >= 0.3 is 6.18 Å². The Morgan fingerprint density at radius 1 is 1.28 bits per heavy atom. The fourth-order valence-electron chi connectivity index (χ4n) is 1.90. The Morgan fingerprint density at radius 3 is 2.44 bits per heavy atom. The van der Waals surface area contributed by atoms with E-state index in [1.807, 2.05) is 0 Å². The first-order chi connectivity index (χ1) is 8.36. The van der Waals surface area contributed by atoms with Gasteiger partial charge in [-0.25, -0.2) is 4.98 Å². The van der Waals surface area contributed by atoms with Gasteiger partial charge in [0.15, 0.2) is 0 Å². The zero-order valence-corrected chi connectivity index (χ0v) is 10.2. The second-order valence-electron chi connectivity index (χ2n) is 4.25. The Kier molecular flexibility index (Phi) is 3.68. The summed E-state index contributed by atoms with van der Waals surface area (Å²) >= 11 is 5.62. The Morgan fingerprint density at radius 2 is 1.89 bits per heavy atom. The van der Waals surface area contributed by atoms with Gasteiger partial charge < -0.3 is 10.0 Å². The maximum Gasteiger partial charge on any atom is 0.416 e. The Hall–Kier alpha value is -1.01. The van der Waals surface area contributed by atoms with Crippen molar-refractivity contribution in [3.63, 3.8) is 0 Å². The molecule has 1 aliphatic rings. The van der Waals surface area contributed by atoms with Crippen molar-refractivity contribution in [3.8, 4) is 0 Å².